The van der Waals surface area contributed by atoms with Gasteiger partial charge < -0.3 is 14.2 Å². The van der Waals surface area contributed by atoms with Crippen molar-refractivity contribution in [2.24, 2.45) is 11.8 Å². The first-order chi connectivity index (χ1) is 13.6. The minimum absolute atomic E-state index is 0.223. The maximum Gasteiger partial charge on any atom is 0.305 e. The number of hydrogen-bond acceptors (Lipinski definition) is 6. The van der Waals surface area contributed by atoms with Crippen molar-refractivity contribution in [1.82, 2.24) is 0 Å². The molecule has 6 heteroatoms. The van der Waals surface area contributed by atoms with Gasteiger partial charge in [0.15, 0.2) is 0 Å². The van der Waals surface area contributed by atoms with Crippen molar-refractivity contribution in [1.29, 1.82) is 0 Å². The number of carbonyl (C=O) groups is 1. The minimum atomic E-state index is -0.529. The van der Waals surface area contributed by atoms with Crippen LogP contribution in [0.25, 0.3) is 5.57 Å². The molecular formula is C22H28O6. The number of carbonyl (C=O) groups excluding carboxylic acids is 1. The van der Waals surface area contributed by atoms with Gasteiger partial charge in [-0.25, -0.2) is 9.78 Å². The van der Waals surface area contributed by atoms with Gasteiger partial charge in [0.2, 0.25) is 5.79 Å². The molecule has 2 aliphatic carbocycles. The van der Waals surface area contributed by atoms with Crippen molar-refractivity contribution in [2.45, 2.75) is 50.9 Å². The molecule has 1 saturated heterocycles. The van der Waals surface area contributed by atoms with Crippen molar-refractivity contribution < 1.29 is 28.8 Å². The first kappa shape index (κ1) is 19.4. The number of ether oxygens (including phenoxy) is 3. The first-order valence-electron chi connectivity index (χ1n) is 10.2. The quantitative estimate of drug-likeness (QED) is 0.401. The molecule has 1 aromatic rings. The summed E-state index contributed by atoms with van der Waals surface area (Å²) in [6, 6.07) is 7.59. The Morgan fingerprint density at radius 3 is 2.68 bits per heavy atom. The van der Waals surface area contributed by atoms with Crippen molar-refractivity contribution in [3.63, 3.8) is 0 Å². The Balaban J connectivity index is 1.25. The molecule has 4 rings (SSSR count). The fourth-order valence-corrected chi connectivity index (χ4v) is 4.44. The van der Waals surface area contributed by atoms with Gasteiger partial charge in [0.25, 0.3) is 0 Å². The SMILES string of the molecule is C=C(c1ccc(OCCOC(=O)CC)cc1)C1COC2(CC3CCC2C3)OO1. The highest BCUT2D eigenvalue weighted by Gasteiger charge is 2.56. The van der Waals surface area contributed by atoms with Gasteiger partial charge in [0.1, 0.15) is 25.1 Å². The molecule has 1 heterocycles. The van der Waals surface area contributed by atoms with E-state index in [0.29, 0.717) is 37.2 Å². The van der Waals surface area contributed by atoms with Crippen LogP contribution in [0, 0.1) is 11.8 Å². The van der Waals surface area contributed by atoms with Gasteiger partial charge in [-0.2, -0.15) is 0 Å². The fraction of sp³-hybridized carbons (Fsp3) is 0.591. The van der Waals surface area contributed by atoms with Crippen LogP contribution in [0.3, 0.4) is 0 Å². The molecule has 3 fully saturated rings. The molecule has 1 aromatic carbocycles. The van der Waals surface area contributed by atoms with Crippen LogP contribution in [0.1, 0.15) is 44.6 Å². The van der Waals surface area contributed by atoms with E-state index < -0.39 is 5.79 Å². The van der Waals surface area contributed by atoms with E-state index in [1.54, 1.807) is 6.92 Å². The third-order valence-corrected chi connectivity index (χ3v) is 6.04. The van der Waals surface area contributed by atoms with E-state index in [2.05, 4.69) is 6.58 Å². The van der Waals surface area contributed by atoms with Crippen LogP contribution in [0.5, 0.6) is 5.75 Å². The standard InChI is InChI=1S/C22H28O6/c1-3-21(23)25-11-10-24-19-8-5-17(6-9-19)15(2)20-14-26-22(28-27-20)13-16-4-7-18(22)12-16/h5-6,8-9,16,18,20H,2-4,7,10-14H2,1H3. The second kappa shape index (κ2) is 8.23. The van der Waals surface area contributed by atoms with E-state index >= 15 is 0 Å². The van der Waals surface area contributed by atoms with Crippen molar-refractivity contribution in [2.75, 3.05) is 19.8 Å². The third kappa shape index (κ3) is 3.95. The zero-order chi connectivity index (χ0) is 19.6. The maximum atomic E-state index is 11.1. The Hall–Kier alpha value is -1.89. The van der Waals surface area contributed by atoms with E-state index in [1.807, 2.05) is 24.3 Å². The summed E-state index contributed by atoms with van der Waals surface area (Å²) in [5, 5.41) is 0. The Labute approximate surface area is 165 Å². The molecule has 4 atom stereocenters. The second-order valence-electron chi connectivity index (χ2n) is 7.84. The van der Waals surface area contributed by atoms with Crippen LogP contribution in [0.4, 0.5) is 0 Å². The molecule has 0 aromatic heterocycles. The molecule has 0 N–H and O–H groups in total. The number of benzene rings is 1. The summed E-state index contributed by atoms with van der Waals surface area (Å²) in [6.45, 7) is 6.95. The lowest BCUT2D eigenvalue weighted by atomic mass is 9.93. The van der Waals surface area contributed by atoms with Crippen molar-refractivity contribution >= 4 is 11.5 Å². The van der Waals surface area contributed by atoms with Gasteiger partial charge in [-0.05, 0) is 48.4 Å². The average Bonchev–Trinajstić information content (AvgIpc) is 3.33. The molecule has 1 aliphatic heterocycles. The molecule has 4 unspecified atom stereocenters. The number of rotatable bonds is 7. The van der Waals surface area contributed by atoms with Crippen LogP contribution in [-0.4, -0.2) is 37.7 Å². The lowest BCUT2D eigenvalue weighted by molar-refractivity contribution is -0.488. The largest absolute Gasteiger partial charge is 0.490 e. The molecule has 6 nitrogen and oxygen atoms in total. The molecule has 3 aliphatic rings. The van der Waals surface area contributed by atoms with Crippen LogP contribution in [0.15, 0.2) is 30.8 Å². The molecule has 1 spiro atoms. The molecule has 152 valence electrons. The highest BCUT2D eigenvalue weighted by atomic mass is 17.2. The van der Waals surface area contributed by atoms with Crippen LogP contribution in [-0.2, 0) is 24.0 Å². The molecule has 28 heavy (non-hydrogen) atoms. The smallest absolute Gasteiger partial charge is 0.305 e. The average molecular weight is 388 g/mol. The normalized spacial score (nSPS) is 31.1. The Kier molecular flexibility index (Phi) is 5.71. The van der Waals surface area contributed by atoms with Gasteiger partial charge in [-0.15, -0.1) is 0 Å². The fourth-order valence-electron chi connectivity index (χ4n) is 4.44. The monoisotopic (exact) mass is 388 g/mol. The Morgan fingerprint density at radius 1 is 1.25 bits per heavy atom. The van der Waals surface area contributed by atoms with Crippen molar-refractivity contribution in [3.05, 3.63) is 36.4 Å². The predicted molar refractivity (Wildman–Crippen MR) is 102 cm³/mol. The molecule has 2 saturated carbocycles. The maximum absolute atomic E-state index is 11.1. The molecular weight excluding hydrogens is 360 g/mol. The number of fused-ring (bicyclic) bond motifs is 3. The summed E-state index contributed by atoms with van der Waals surface area (Å²) in [4.78, 5) is 22.6. The highest BCUT2D eigenvalue weighted by molar-refractivity contribution is 5.69. The summed E-state index contributed by atoms with van der Waals surface area (Å²) in [5.74, 6) is 1.13. The topological polar surface area (TPSA) is 63.2 Å². The summed E-state index contributed by atoms with van der Waals surface area (Å²) in [7, 11) is 0. The van der Waals surface area contributed by atoms with Gasteiger partial charge in [-0.3, -0.25) is 4.79 Å². The Morgan fingerprint density at radius 2 is 2.07 bits per heavy atom. The summed E-state index contributed by atoms with van der Waals surface area (Å²) >= 11 is 0. The van der Waals surface area contributed by atoms with Crippen LogP contribution >= 0.6 is 0 Å². The van der Waals surface area contributed by atoms with E-state index in [4.69, 9.17) is 24.0 Å². The minimum Gasteiger partial charge on any atom is -0.490 e. The summed E-state index contributed by atoms with van der Waals surface area (Å²) < 4.78 is 16.7. The lowest BCUT2D eigenvalue weighted by Crippen LogP contribution is -2.48. The van der Waals surface area contributed by atoms with Crippen molar-refractivity contribution in [3.8, 4) is 5.75 Å². The third-order valence-electron chi connectivity index (χ3n) is 6.04. The van der Waals surface area contributed by atoms with Crippen LogP contribution < -0.4 is 4.74 Å². The Bertz CT molecular complexity index is 704. The first-order valence-corrected chi connectivity index (χ1v) is 10.2. The van der Waals surface area contributed by atoms with E-state index in [-0.39, 0.29) is 18.7 Å². The summed E-state index contributed by atoms with van der Waals surface area (Å²) in [6.07, 6.45) is 4.63. The van der Waals surface area contributed by atoms with E-state index in [9.17, 15) is 4.79 Å². The van der Waals surface area contributed by atoms with E-state index in [0.717, 1.165) is 17.6 Å². The van der Waals surface area contributed by atoms with Gasteiger partial charge in [0, 0.05) is 18.8 Å². The van der Waals surface area contributed by atoms with Gasteiger partial charge in [-0.1, -0.05) is 25.6 Å². The number of hydrogen-bond donors (Lipinski definition) is 0. The summed E-state index contributed by atoms with van der Waals surface area (Å²) in [5.41, 5.74) is 1.77. The highest BCUT2D eigenvalue weighted by Crippen LogP contribution is 2.54. The zero-order valence-electron chi connectivity index (χ0n) is 16.4. The molecule has 0 radical (unpaired) electrons. The molecule has 0 amide bonds. The zero-order valence-corrected chi connectivity index (χ0v) is 16.4. The molecule has 2 bridgehead atoms. The van der Waals surface area contributed by atoms with E-state index in [1.165, 1.54) is 19.3 Å². The predicted octanol–water partition coefficient (Wildman–Crippen LogP) is 3.90. The van der Waals surface area contributed by atoms with Crippen LogP contribution in [0.2, 0.25) is 0 Å². The lowest BCUT2D eigenvalue weighted by Gasteiger charge is -2.41. The van der Waals surface area contributed by atoms with Gasteiger partial charge >= 0.3 is 5.97 Å². The number of esters is 1. The van der Waals surface area contributed by atoms with Gasteiger partial charge in [0.05, 0.1) is 6.61 Å². The second-order valence-corrected chi connectivity index (χ2v) is 7.84.